The predicted molar refractivity (Wildman–Crippen MR) is 37.1 cm³/mol. The van der Waals surface area contributed by atoms with E-state index in [0.717, 1.165) is 0 Å². The van der Waals surface area contributed by atoms with Crippen molar-refractivity contribution in [2.75, 3.05) is 0 Å². The van der Waals surface area contributed by atoms with Crippen LogP contribution >= 0.6 is 0 Å². The average Bonchev–Trinajstić information content (AvgIpc) is 1.67. The van der Waals surface area contributed by atoms with Gasteiger partial charge >= 0.3 is 43.7 Å². The van der Waals surface area contributed by atoms with E-state index in [2.05, 4.69) is 0 Å². The molecule has 9 heavy (non-hydrogen) atoms. The third-order valence-corrected chi connectivity index (χ3v) is 0.847. The molecule has 0 saturated heterocycles. The molecule has 0 radical (unpaired) electrons. The molecule has 0 spiro atoms. The zero-order valence-corrected chi connectivity index (χ0v) is 4.79. The molecule has 0 aromatic heterocycles. The van der Waals surface area contributed by atoms with Gasteiger partial charge in [-0.05, 0) is 6.42 Å². The van der Waals surface area contributed by atoms with E-state index in [4.69, 9.17) is 10.2 Å². The van der Waals surface area contributed by atoms with Gasteiger partial charge in [0.15, 0.2) is 6.10 Å². The fourth-order valence-corrected chi connectivity index (χ4v) is 0.397. The SMILES string of the molecule is CCCC(O)C(=O)O.[CaH2]. The first kappa shape index (κ1) is 12.4. The zero-order valence-electron chi connectivity index (χ0n) is 4.79. The number of rotatable bonds is 3. The van der Waals surface area contributed by atoms with E-state index in [1.54, 1.807) is 0 Å². The molecule has 0 heterocycles. The van der Waals surface area contributed by atoms with Crippen molar-refractivity contribution in [1.82, 2.24) is 0 Å². The van der Waals surface area contributed by atoms with Crippen LogP contribution in [0.25, 0.3) is 0 Å². The Morgan fingerprint density at radius 3 is 2.22 bits per heavy atom. The van der Waals surface area contributed by atoms with Crippen LogP contribution in [-0.4, -0.2) is 60.0 Å². The van der Waals surface area contributed by atoms with Gasteiger partial charge in [-0.3, -0.25) is 0 Å². The van der Waals surface area contributed by atoms with Crippen molar-refractivity contribution >= 4 is 43.7 Å². The first-order valence-electron chi connectivity index (χ1n) is 2.59. The van der Waals surface area contributed by atoms with E-state index in [0.29, 0.717) is 12.8 Å². The molecule has 3 nitrogen and oxygen atoms in total. The van der Waals surface area contributed by atoms with Crippen molar-refractivity contribution in [3.63, 3.8) is 0 Å². The molecule has 0 aromatic rings. The number of aliphatic hydroxyl groups excluding tert-OH is 1. The second-order valence-corrected chi connectivity index (χ2v) is 1.64. The molecule has 52 valence electrons. The van der Waals surface area contributed by atoms with Gasteiger partial charge in [-0.2, -0.15) is 0 Å². The molecular formula is C5H12CaO3. The topological polar surface area (TPSA) is 57.5 Å². The summed E-state index contributed by atoms with van der Waals surface area (Å²) in [5.74, 6) is -1.13. The van der Waals surface area contributed by atoms with Gasteiger partial charge in [0.1, 0.15) is 0 Å². The van der Waals surface area contributed by atoms with E-state index in [9.17, 15) is 4.79 Å². The van der Waals surface area contributed by atoms with E-state index in [-0.39, 0.29) is 37.7 Å². The maximum absolute atomic E-state index is 9.84. The summed E-state index contributed by atoms with van der Waals surface area (Å²) in [5.41, 5.74) is 0. The van der Waals surface area contributed by atoms with Crippen molar-refractivity contribution in [1.29, 1.82) is 0 Å². The summed E-state index contributed by atoms with van der Waals surface area (Å²) in [4.78, 5) is 9.84. The Morgan fingerprint density at radius 2 is 2.11 bits per heavy atom. The van der Waals surface area contributed by atoms with Crippen LogP contribution in [0.4, 0.5) is 0 Å². The number of hydrogen-bond acceptors (Lipinski definition) is 2. The quantitative estimate of drug-likeness (QED) is 0.538. The van der Waals surface area contributed by atoms with Crippen molar-refractivity contribution < 1.29 is 15.0 Å². The number of aliphatic carboxylic acids is 1. The summed E-state index contributed by atoms with van der Waals surface area (Å²) in [6.07, 6.45) is -0.122. The Morgan fingerprint density at radius 1 is 1.67 bits per heavy atom. The molecule has 1 atom stereocenters. The monoisotopic (exact) mass is 160 g/mol. The molecule has 0 saturated carbocycles. The van der Waals surface area contributed by atoms with E-state index >= 15 is 0 Å². The predicted octanol–water partition coefficient (Wildman–Crippen LogP) is -0.684. The summed E-state index contributed by atoms with van der Waals surface area (Å²) >= 11 is 0. The van der Waals surface area contributed by atoms with Crippen molar-refractivity contribution in [3.8, 4) is 0 Å². The molecule has 0 fully saturated rings. The van der Waals surface area contributed by atoms with Crippen molar-refractivity contribution in [3.05, 3.63) is 0 Å². The summed E-state index contributed by atoms with van der Waals surface area (Å²) < 4.78 is 0. The van der Waals surface area contributed by atoms with Gasteiger partial charge in [0.2, 0.25) is 0 Å². The Kier molecular flexibility index (Phi) is 9.36. The number of carbonyl (C=O) groups is 1. The molecule has 0 aliphatic carbocycles. The molecule has 4 heteroatoms. The summed E-state index contributed by atoms with van der Waals surface area (Å²) in [7, 11) is 0. The molecule has 0 rings (SSSR count). The maximum atomic E-state index is 9.84. The fourth-order valence-electron chi connectivity index (χ4n) is 0.397. The molecule has 0 amide bonds. The van der Waals surface area contributed by atoms with Gasteiger partial charge in [-0.15, -0.1) is 0 Å². The number of hydrogen-bond donors (Lipinski definition) is 2. The molecular weight excluding hydrogens is 148 g/mol. The standard InChI is InChI=1S/C5H10O3.Ca.2H/c1-2-3-4(6)5(7)8;;;/h4,6H,2-3H2,1H3,(H,7,8);;;. The van der Waals surface area contributed by atoms with Gasteiger partial charge in [0.25, 0.3) is 0 Å². The van der Waals surface area contributed by atoms with Crippen molar-refractivity contribution in [2.45, 2.75) is 25.9 Å². The molecule has 0 aliphatic rings. The average molecular weight is 160 g/mol. The Hall–Kier alpha value is 0.690. The summed E-state index contributed by atoms with van der Waals surface area (Å²) in [6.45, 7) is 1.83. The van der Waals surface area contributed by atoms with Gasteiger partial charge < -0.3 is 10.2 Å². The van der Waals surface area contributed by atoms with Gasteiger partial charge in [-0.1, -0.05) is 13.3 Å². The van der Waals surface area contributed by atoms with Crippen LogP contribution in [0.3, 0.4) is 0 Å². The molecule has 0 bridgehead atoms. The second kappa shape index (κ2) is 6.80. The summed E-state index contributed by atoms with van der Waals surface area (Å²) in [5, 5.41) is 16.6. The number of carboxylic acids is 1. The third-order valence-electron chi connectivity index (χ3n) is 0.847. The van der Waals surface area contributed by atoms with Crippen LogP contribution in [-0.2, 0) is 4.79 Å². The Balaban J connectivity index is 0. The van der Waals surface area contributed by atoms with E-state index in [1.165, 1.54) is 0 Å². The van der Waals surface area contributed by atoms with Crippen LogP contribution in [0, 0.1) is 0 Å². The minimum atomic E-state index is -1.17. The third kappa shape index (κ3) is 6.58. The van der Waals surface area contributed by atoms with Gasteiger partial charge in [-0.25, -0.2) is 4.79 Å². The zero-order chi connectivity index (χ0) is 6.57. The molecule has 2 N–H and O–H groups in total. The first-order chi connectivity index (χ1) is 3.68. The Labute approximate surface area is 84.1 Å². The normalized spacial score (nSPS) is 11.8. The molecule has 1 unspecified atom stereocenters. The Bertz CT molecular complexity index is 84.3. The van der Waals surface area contributed by atoms with Gasteiger partial charge in [0, 0.05) is 0 Å². The van der Waals surface area contributed by atoms with Crippen LogP contribution in [0.5, 0.6) is 0 Å². The molecule has 0 aliphatic heterocycles. The van der Waals surface area contributed by atoms with Gasteiger partial charge in [0.05, 0.1) is 0 Å². The van der Waals surface area contributed by atoms with Crippen LogP contribution in [0.2, 0.25) is 0 Å². The minimum absolute atomic E-state index is 0. The summed E-state index contributed by atoms with van der Waals surface area (Å²) in [6, 6.07) is 0. The first-order valence-corrected chi connectivity index (χ1v) is 2.59. The number of aliphatic hydroxyl groups is 1. The fraction of sp³-hybridized carbons (Fsp3) is 0.800. The van der Waals surface area contributed by atoms with E-state index < -0.39 is 12.1 Å². The van der Waals surface area contributed by atoms with Crippen LogP contribution in [0.15, 0.2) is 0 Å². The van der Waals surface area contributed by atoms with Crippen molar-refractivity contribution in [2.24, 2.45) is 0 Å². The number of carboxylic acid groups (broad SMARTS) is 1. The second-order valence-electron chi connectivity index (χ2n) is 1.64. The molecule has 0 aromatic carbocycles. The van der Waals surface area contributed by atoms with Crippen LogP contribution < -0.4 is 0 Å². The van der Waals surface area contributed by atoms with E-state index in [1.807, 2.05) is 6.92 Å². The van der Waals surface area contributed by atoms with Crippen LogP contribution in [0.1, 0.15) is 19.8 Å².